The van der Waals surface area contributed by atoms with Gasteiger partial charge in [-0.05, 0) is 12.8 Å². The lowest BCUT2D eigenvalue weighted by Gasteiger charge is -2.37. The zero-order valence-corrected chi connectivity index (χ0v) is 20.2. The van der Waals surface area contributed by atoms with E-state index in [-0.39, 0.29) is 43.8 Å². The maximum atomic E-state index is 9.29. The number of quaternary nitrogens is 1. The fourth-order valence-electron chi connectivity index (χ4n) is 3.95. The van der Waals surface area contributed by atoms with Gasteiger partial charge in [-0.2, -0.15) is 0 Å². The van der Waals surface area contributed by atoms with Crippen molar-refractivity contribution in [2.24, 2.45) is 0 Å². The summed E-state index contributed by atoms with van der Waals surface area (Å²) in [5, 5.41) is 27.9. The van der Waals surface area contributed by atoms with Crippen LogP contribution in [0.3, 0.4) is 0 Å². The third kappa shape index (κ3) is 18.3. The molecule has 166 valence electrons. The molecule has 0 unspecified atom stereocenters. The molecule has 0 fully saturated rings. The molecule has 0 aliphatic rings. The van der Waals surface area contributed by atoms with E-state index in [0.29, 0.717) is 24.1 Å². The number of aliphatic hydroxyl groups is 3. The van der Waals surface area contributed by atoms with E-state index in [4.69, 9.17) is 0 Å². The molecule has 0 bridgehead atoms. The molecule has 0 spiro atoms. The Balaban J connectivity index is 0. The summed E-state index contributed by atoms with van der Waals surface area (Å²) in [5.74, 6) is 0. The molecule has 0 aromatic carbocycles. The lowest BCUT2D eigenvalue weighted by atomic mass is 10.0. The Morgan fingerprint density at radius 2 is 0.741 bits per heavy atom. The van der Waals surface area contributed by atoms with Crippen LogP contribution in [0.4, 0.5) is 0 Å². The summed E-state index contributed by atoms with van der Waals surface area (Å²) in [4.78, 5) is 0. The summed E-state index contributed by atoms with van der Waals surface area (Å²) < 4.78 is 0.655. The van der Waals surface area contributed by atoms with Crippen LogP contribution in [-0.2, 0) is 0 Å². The second-order valence-electron chi connectivity index (χ2n) is 8.00. The zero-order chi connectivity index (χ0) is 19.3. The summed E-state index contributed by atoms with van der Waals surface area (Å²) in [7, 11) is 0. The van der Waals surface area contributed by atoms with Gasteiger partial charge in [0.1, 0.15) is 19.6 Å². The molecule has 27 heavy (non-hydrogen) atoms. The van der Waals surface area contributed by atoms with Gasteiger partial charge in [0.05, 0.1) is 26.4 Å². The Hall–Kier alpha value is 0.570. The number of aliphatic hydroxyl groups excluding tert-OH is 3. The highest BCUT2D eigenvalue weighted by atomic mass is 127. The predicted octanol–water partition coefficient (Wildman–Crippen LogP) is 1.27. The highest BCUT2D eigenvalue weighted by Gasteiger charge is 2.25. The second kappa shape index (κ2) is 22.9. The van der Waals surface area contributed by atoms with E-state index in [2.05, 4.69) is 6.92 Å². The number of hydrogen-bond acceptors (Lipinski definition) is 3. The number of unbranched alkanes of at least 4 members (excludes halogenated alkanes) is 13. The second-order valence-corrected chi connectivity index (χ2v) is 8.00. The van der Waals surface area contributed by atoms with Crippen LogP contribution in [0.25, 0.3) is 0 Å². The highest BCUT2D eigenvalue weighted by Crippen LogP contribution is 2.14. The maximum Gasteiger partial charge on any atom is 0.102 e. The zero-order valence-electron chi connectivity index (χ0n) is 18.0. The first-order valence-corrected chi connectivity index (χ1v) is 11.4. The largest absolute Gasteiger partial charge is 1.00 e. The lowest BCUT2D eigenvalue weighted by Crippen LogP contribution is -3.00. The van der Waals surface area contributed by atoms with E-state index in [1.165, 1.54) is 83.5 Å². The van der Waals surface area contributed by atoms with Crippen molar-refractivity contribution < 1.29 is 43.8 Å². The van der Waals surface area contributed by atoms with Crippen LogP contribution in [0, 0.1) is 0 Å². The smallest absolute Gasteiger partial charge is 0.102 e. The van der Waals surface area contributed by atoms with Crippen LogP contribution in [0.15, 0.2) is 0 Å². The molecule has 0 aliphatic carbocycles. The van der Waals surface area contributed by atoms with Gasteiger partial charge < -0.3 is 43.8 Å². The van der Waals surface area contributed by atoms with E-state index in [1.54, 1.807) is 0 Å². The molecule has 0 saturated carbocycles. The molecule has 0 saturated heterocycles. The van der Waals surface area contributed by atoms with Crippen molar-refractivity contribution in [3.05, 3.63) is 0 Å². The molecular formula is C22H48INO3. The first-order valence-electron chi connectivity index (χ1n) is 11.4. The summed E-state index contributed by atoms with van der Waals surface area (Å²) >= 11 is 0. The van der Waals surface area contributed by atoms with E-state index < -0.39 is 0 Å². The minimum atomic E-state index is 0. The molecule has 4 nitrogen and oxygen atoms in total. The van der Waals surface area contributed by atoms with Crippen molar-refractivity contribution in [1.29, 1.82) is 0 Å². The normalized spacial score (nSPS) is 11.6. The predicted molar refractivity (Wildman–Crippen MR) is 111 cm³/mol. The Bertz CT molecular complexity index is 263. The first kappa shape index (κ1) is 29.8. The molecule has 0 aromatic rings. The number of halogens is 1. The minimum absolute atomic E-state index is 0. The first-order chi connectivity index (χ1) is 12.7. The summed E-state index contributed by atoms with van der Waals surface area (Å²) in [6, 6.07) is 0. The average Bonchev–Trinajstić information content (AvgIpc) is 2.63. The van der Waals surface area contributed by atoms with E-state index in [9.17, 15) is 15.3 Å². The lowest BCUT2D eigenvalue weighted by molar-refractivity contribution is -0.929. The Labute approximate surface area is 186 Å². The van der Waals surface area contributed by atoms with Crippen LogP contribution >= 0.6 is 0 Å². The van der Waals surface area contributed by atoms with Crippen molar-refractivity contribution in [2.75, 3.05) is 46.0 Å². The molecule has 0 atom stereocenters. The summed E-state index contributed by atoms with van der Waals surface area (Å²) in [6.45, 7) is 5.52. The van der Waals surface area contributed by atoms with Gasteiger partial charge in [0.15, 0.2) is 0 Å². The molecular weight excluding hydrogens is 453 g/mol. The molecule has 0 aliphatic heterocycles. The van der Waals surface area contributed by atoms with Crippen LogP contribution in [0.2, 0.25) is 0 Å². The van der Waals surface area contributed by atoms with Crippen molar-refractivity contribution in [2.45, 2.75) is 96.8 Å². The topological polar surface area (TPSA) is 60.7 Å². The molecule has 0 rings (SSSR count). The third-order valence-corrected chi connectivity index (χ3v) is 5.71. The van der Waals surface area contributed by atoms with Crippen molar-refractivity contribution in [3.63, 3.8) is 0 Å². The van der Waals surface area contributed by atoms with Gasteiger partial charge in [0.25, 0.3) is 0 Å². The summed E-state index contributed by atoms with van der Waals surface area (Å²) in [5.41, 5.74) is 0. The van der Waals surface area contributed by atoms with E-state index in [0.717, 1.165) is 13.0 Å². The Morgan fingerprint density at radius 3 is 1.04 bits per heavy atom. The van der Waals surface area contributed by atoms with E-state index >= 15 is 0 Å². The molecule has 0 aromatic heterocycles. The van der Waals surface area contributed by atoms with Crippen molar-refractivity contribution >= 4 is 0 Å². The highest BCUT2D eigenvalue weighted by molar-refractivity contribution is 4.51. The molecule has 3 N–H and O–H groups in total. The van der Waals surface area contributed by atoms with Crippen molar-refractivity contribution in [3.8, 4) is 0 Å². The number of rotatable bonds is 21. The fraction of sp³-hybridized carbons (Fsp3) is 1.00. The monoisotopic (exact) mass is 501 g/mol. The standard InChI is InChI=1S/C22H48NO3.HI/c1-2-3-4-5-6-7-8-9-10-11-12-13-14-15-16-23(17-20-24,18-21-25)19-22-26;/h24-26H,2-22H2,1H3;1H/q+1;/p-1. The number of hydrogen-bond donors (Lipinski definition) is 3. The quantitative estimate of drug-likeness (QED) is 0.126. The third-order valence-electron chi connectivity index (χ3n) is 5.71. The van der Waals surface area contributed by atoms with Crippen LogP contribution in [0.5, 0.6) is 0 Å². The van der Waals surface area contributed by atoms with Crippen LogP contribution in [0.1, 0.15) is 96.8 Å². The number of nitrogens with zero attached hydrogens (tertiary/aromatic N) is 1. The van der Waals surface area contributed by atoms with Gasteiger partial charge in [-0.25, -0.2) is 0 Å². The van der Waals surface area contributed by atoms with Crippen molar-refractivity contribution in [1.82, 2.24) is 0 Å². The Morgan fingerprint density at radius 1 is 0.444 bits per heavy atom. The maximum absolute atomic E-state index is 9.29. The fourth-order valence-corrected chi connectivity index (χ4v) is 3.95. The molecule has 0 heterocycles. The van der Waals surface area contributed by atoms with Crippen LogP contribution in [-0.4, -0.2) is 65.8 Å². The Kier molecular flexibility index (Phi) is 25.2. The van der Waals surface area contributed by atoms with E-state index in [1.807, 2.05) is 0 Å². The van der Waals surface area contributed by atoms with Gasteiger partial charge >= 0.3 is 0 Å². The average molecular weight is 502 g/mol. The van der Waals surface area contributed by atoms with Gasteiger partial charge in [-0.3, -0.25) is 0 Å². The minimum Gasteiger partial charge on any atom is -1.00 e. The van der Waals surface area contributed by atoms with Gasteiger partial charge in [0.2, 0.25) is 0 Å². The SMILES string of the molecule is CCCCCCCCCCCCCCCC[N+](CCO)(CCO)CCO.[I-]. The molecule has 0 radical (unpaired) electrons. The summed E-state index contributed by atoms with van der Waals surface area (Å²) in [6.07, 6.45) is 19.0. The van der Waals surface area contributed by atoms with Gasteiger partial charge in [-0.1, -0.05) is 84.0 Å². The van der Waals surface area contributed by atoms with Gasteiger partial charge in [-0.15, -0.1) is 0 Å². The van der Waals surface area contributed by atoms with Gasteiger partial charge in [0, 0.05) is 0 Å². The van der Waals surface area contributed by atoms with Crippen LogP contribution < -0.4 is 24.0 Å². The molecule has 5 heteroatoms. The molecule has 0 amide bonds.